The molecule has 0 atom stereocenters. The lowest BCUT2D eigenvalue weighted by Gasteiger charge is -2.13. The number of aromatic carboxylic acids is 1. The number of rotatable bonds is 5. The van der Waals surface area contributed by atoms with Crippen molar-refractivity contribution in [1.29, 1.82) is 0 Å². The van der Waals surface area contributed by atoms with E-state index in [2.05, 4.69) is 0 Å². The molecule has 1 N–H and O–H groups in total. The number of ether oxygens (including phenoxy) is 1. The standard InChI is InChI=1S/C13H15NO5/c15-13(16)10-6-3-7-11(14(17)18)12(10)19-8-9-4-1-2-5-9/h3,6-7,9H,1-2,4-5,8H2,(H,15,16). The summed E-state index contributed by atoms with van der Waals surface area (Å²) < 4.78 is 5.45. The Hall–Kier alpha value is -2.11. The number of carbonyl (C=O) groups is 1. The number of carboxylic acid groups (broad SMARTS) is 1. The third kappa shape index (κ3) is 3.01. The highest BCUT2D eigenvalue weighted by atomic mass is 16.6. The molecule has 6 nitrogen and oxygen atoms in total. The topological polar surface area (TPSA) is 89.7 Å². The summed E-state index contributed by atoms with van der Waals surface area (Å²) in [6, 6.07) is 3.93. The van der Waals surface area contributed by atoms with Gasteiger partial charge in [0.25, 0.3) is 0 Å². The summed E-state index contributed by atoms with van der Waals surface area (Å²) in [6.07, 6.45) is 4.33. The average Bonchev–Trinajstić information content (AvgIpc) is 2.88. The Kier molecular flexibility index (Phi) is 3.99. The average molecular weight is 265 g/mol. The Morgan fingerprint density at radius 3 is 2.68 bits per heavy atom. The minimum absolute atomic E-state index is 0.132. The summed E-state index contributed by atoms with van der Waals surface area (Å²) in [5.41, 5.74) is -0.454. The number of benzene rings is 1. The molecule has 6 heteroatoms. The van der Waals surface area contributed by atoms with Crippen molar-refractivity contribution >= 4 is 11.7 Å². The molecule has 1 fully saturated rings. The maximum atomic E-state index is 11.1. The van der Waals surface area contributed by atoms with Gasteiger partial charge in [0, 0.05) is 6.07 Å². The van der Waals surface area contributed by atoms with E-state index in [4.69, 9.17) is 9.84 Å². The molecule has 2 rings (SSSR count). The fourth-order valence-corrected chi connectivity index (χ4v) is 2.37. The van der Waals surface area contributed by atoms with E-state index in [0.29, 0.717) is 12.5 Å². The molecule has 1 aromatic carbocycles. The molecule has 102 valence electrons. The second-order valence-corrected chi connectivity index (χ2v) is 4.68. The number of nitrogens with zero attached hydrogens (tertiary/aromatic N) is 1. The molecule has 1 aliphatic carbocycles. The molecule has 1 aromatic rings. The van der Waals surface area contributed by atoms with Crippen LogP contribution in [-0.2, 0) is 0 Å². The Morgan fingerprint density at radius 2 is 2.11 bits per heavy atom. The smallest absolute Gasteiger partial charge is 0.339 e. The lowest BCUT2D eigenvalue weighted by molar-refractivity contribution is -0.385. The first-order valence-electron chi connectivity index (χ1n) is 6.23. The maximum Gasteiger partial charge on any atom is 0.339 e. The second kappa shape index (κ2) is 5.69. The van der Waals surface area contributed by atoms with Crippen LogP contribution in [0.1, 0.15) is 36.0 Å². The van der Waals surface area contributed by atoms with Crippen LogP contribution < -0.4 is 4.74 Å². The van der Waals surface area contributed by atoms with Gasteiger partial charge >= 0.3 is 11.7 Å². The van der Waals surface area contributed by atoms with Crippen molar-refractivity contribution in [2.24, 2.45) is 5.92 Å². The molecule has 0 unspecified atom stereocenters. The van der Waals surface area contributed by atoms with Crippen molar-refractivity contribution in [3.63, 3.8) is 0 Å². The van der Waals surface area contributed by atoms with Crippen LogP contribution in [0.4, 0.5) is 5.69 Å². The van der Waals surface area contributed by atoms with E-state index in [1.807, 2.05) is 0 Å². The van der Waals surface area contributed by atoms with Gasteiger partial charge in [0.2, 0.25) is 5.75 Å². The third-order valence-corrected chi connectivity index (χ3v) is 3.36. The molecule has 0 aromatic heterocycles. The van der Waals surface area contributed by atoms with Gasteiger partial charge in [0.15, 0.2) is 0 Å². The van der Waals surface area contributed by atoms with Gasteiger partial charge in [-0.1, -0.05) is 18.9 Å². The van der Waals surface area contributed by atoms with Crippen LogP contribution in [0.5, 0.6) is 5.75 Å². The molecule has 0 aliphatic heterocycles. The van der Waals surface area contributed by atoms with Crippen LogP contribution in [0.2, 0.25) is 0 Å². The Balaban J connectivity index is 2.23. The van der Waals surface area contributed by atoms with E-state index >= 15 is 0 Å². The molecule has 0 radical (unpaired) electrons. The lowest BCUT2D eigenvalue weighted by atomic mass is 10.1. The summed E-state index contributed by atoms with van der Waals surface area (Å²) in [5, 5.41) is 20.0. The number of para-hydroxylation sites is 1. The summed E-state index contributed by atoms with van der Waals surface area (Å²) in [7, 11) is 0. The molecule has 0 bridgehead atoms. The predicted molar refractivity (Wildman–Crippen MR) is 67.5 cm³/mol. The molecular formula is C13H15NO5. The SMILES string of the molecule is O=C(O)c1cccc([N+](=O)[O-])c1OCC1CCCC1. The Morgan fingerprint density at radius 1 is 1.42 bits per heavy atom. The van der Waals surface area contributed by atoms with Crippen LogP contribution in [0.15, 0.2) is 18.2 Å². The van der Waals surface area contributed by atoms with Gasteiger partial charge in [0.05, 0.1) is 11.5 Å². The summed E-state index contributed by atoms with van der Waals surface area (Å²) in [6.45, 7) is 0.338. The second-order valence-electron chi connectivity index (χ2n) is 4.68. The molecule has 0 spiro atoms. The van der Waals surface area contributed by atoms with E-state index < -0.39 is 10.9 Å². The minimum atomic E-state index is -1.22. The zero-order valence-corrected chi connectivity index (χ0v) is 10.4. The molecule has 0 amide bonds. The maximum absolute atomic E-state index is 11.1. The summed E-state index contributed by atoms with van der Waals surface area (Å²) in [5.74, 6) is -0.988. The highest BCUT2D eigenvalue weighted by Gasteiger charge is 2.24. The van der Waals surface area contributed by atoms with Crippen molar-refractivity contribution in [2.45, 2.75) is 25.7 Å². The van der Waals surface area contributed by atoms with Crippen LogP contribution in [0.3, 0.4) is 0 Å². The number of hydrogen-bond acceptors (Lipinski definition) is 4. The molecule has 0 heterocycles. The van der Waals surface area contributed by atoms with Gasteiger partial charge in [0.1, 0.15) is 5.56 Å². The van der Waals surface area contributed by atoms with Gasteiger partial charge in [-0.15, -0.1) is 0 Å². The van der Waals surface area contributed by atoms with Crippen LogP contribution in [0.25, 0.3) is 0 Å². The van der Waals surface area contributed by atoms with Crippen LogP contribution in [0, 0.1) is 16.0 Å². The van der Waals surface area contributed by atoms with Crippen LogP contribution >= 0.6 is 0 Å². The van der Waals surface area contributed by atoms with Crippen molar-refractivity contribution in [2.75, 3.05) is 6.61 Å². The molecule has 19 heavy (non-hydrogen) atoms. The van der Waals surface area contributed by atoms with E-state index in [-0.39, 0.29) is 17.0 Å². The van der Waals surface area contributed by atoms with Crippen molar-refractivity contribution < 1.29 is 19.6 Å². The van der Waals surface area contributed by atoms with Crippen molar-refractivity contribution in [1.82, 2.24) is 0 Å². The van der Waals surface area contributed by atoms with E-state index in [9.17, 15) is 14.9 Å². The molecule has 0 saturated heterocycles. The number of nitro benzene ring substituents is 1. The van der Waals surface area contributed by atoms with E-state index in [1.165, 1.54) is 18.2 Å². The molecule has 1 saturated carbocycles. The van der Waals surface area contributed by atoms with Crippen molar-refractivity contribution in [3.8, 4) is 5.75 Å². The first-order chi connectivity index (χ1) is 9.09. The summed E-state index contributed by atoms with van der Waals surface area (Å²) >= 11 is 0. The number of nitro groups is 1. The first-order valence-corrected chi connectivity index (χ1v) is 6.23. The minimum Gasteiger partial charge on any atom is -0.486 e. The number of hydrogen-bond donors (Lipinski definition) is 1. The fourth-order valence-electron chi connectivity index (χ4n) is 2.37. The summed E-state index contributed by atoms with van der Waals surface area (Å²) in [4.78, 5) is 21.4. The van der Waals surface area contributed by atoms with E-state index in [1.54, 1.807) is 0 Å². The predicted octanol–water partition coefficient (Wildman–Crippen LogP) is 2.86. The van der Waals surface area contributed by atoms with Crippen molar-refractivity contribution in [3.05, 3.63) is 33.9 Å². The Labute approximate surface area is 110 Å². The van der Waals surface area contributed by atoms with E-state index in [0.717, 1.165) is 25.7 Å². The molecular weight excluding hydrogens is 250 g/mol. The quantitative estimate of drug-likeness (QED) is 0.653. The fraction of sp³-hybridized carbons (Fsp3) is 0.462. The largest absolute Gasteiger partial charge is 0.486 e. The van der Waals surface area contributed by atoms with Gasteiger partial charge in [-0.05, 0) is 24.8 Å². The number of carboxylic acids is 1. The zero-order valence-electron chi connectivity index (χ0n) is 10.4. The Bertz CT molecular complexity index is 462. The lowest BCUT2D eigenvalue weighted by Crippen LogP contribution is -2.12. The third-order valence-electron chi connectivity index (χ3n) is 3.36. The van der Waals surface area contributed by atoms with Crippen LogP contribution in [-0.4, -0.2) is 22.6 Å². The first kappa shape index (κ1) is 13.3. The monoisotopic (exact) mass is 265 g/mol. The van der Waals surface area contributed by atoms with Gasteiger partial charge in [-0.3, -0.25) is 10.1 Å². The van der Waals surface area contributed by atoms with Gasteiger partial charge < -0.3 is 9.84 Å². The van der Waals surface area contributed by atoms with Gasteiger partial charge in [-0.25, -0.2) is 4.79 Å². The van der Waals surface area contributed by atoms with Gasteiger partial charge in [-0.2, -0.15) is 0 Å². The zero-order chi connectivity index (χ0) is 13.8. The highest BCUT2D eigenvalue weighted by Crippen LogP contribution is 2.33. The molecule has 1 aliphatic rings. The highest BCUT2D eigenvalue weighted by molar-refractivity contribution is 5.92. The normalized spacial score (nSPS) is 15.4.